The first-order valence-corrected chi connectivity index (χ1v) is 8.05. The van der Waals surface area contributed by atoms with Gasteiger partial charge < -0.3 is 4.90 Å². The first kappa shape index (κ1) is 14.4. The number of aromatic nitrogens is 2. The first-order chi connectivity index (χ1) is 10.1. The fourth-order valence-corrected chi connectivity index (χ4v) is 3.86. The Morgan fingerprint density at radius 2 is 2.10 bits per heavy atom. The second-order valence-corrected chi connectivity index (χ2v) is 6.38. The second kappa shape index (κ2) is 5.66. The maximum atomic E-state index is 12.9. The number of aryl methyl sites for hydroxylation is 2. The van der Waals surface area contributed by atoms with Gasteiger partial charge in [-0.1, -0.05) is 12.2 Å². The van der Waals surface area contributed by atoms with Crippen LogP contribution in [-0.4, -0.2) is 27.1 Å². The Bertz CT molecular complexity index is 573. The van der Waals surface area contributed by atoms with Crippen molar-refractivity contribution < 1.29 is 4.79 Å². The zero-order valence-electron chi connectivity index (χ0n) is 13.3. The van der Waals surface area contributed by atoms with E-state index in [1.54, 1.807) is 0 Å². The Morgan fingerprint density at radius 3 is 2.71 bits per heavy atom. The molecule has 1 fully saturated rings. The van der Waals surface area contributed by atoms with Gasteiger partial charge in [0, 0.05) is 30.8 Å². The number of carbonyl (C=O) groups is 1. The van der Waals surface area contributed by atoms with Crippen LogP contribution in [0, 0.1) is 19.8 Å². The van der Waals surface area contributed by atoms with E-state index in [0.29, 0.717) is 5.91 Å². The van der Waals surface area contributed by atoms with Crippen LogP contribution in [0.15, 0.2) is 12.2 Å². The van der Waals surface area contributed by atoms with Gasteiger partial charge in [0.15, 0.2) is 0 Å². The Hall–Kier alpha value is -1.58. The lowest BCUT2D eigenvalue weighted by Crippen LogP contribution is -2.36. The van der Waals surface area contributed by atoms with Crippen LogP contribution in [0.3, 0.4) is 0 Å². The molecule has 1 amide bonds. The number of allylic oxidation sites excluding steroid dienone is 2. The van der Waals surface area contributed by atoms with Crippen molar-refractivity contribution in [3.63, 3.8) is 0 Å². The van der Waals surface area contributed by atoms with Gasteiger partial charge in [-0.05, 0) is 46.0 Å². The highest BCUT2D eigenvalue weighted by molar-refractivity contribution is 5.80. The van der Waals surface area contributed by atoms with Gasteiger partial charge in [0.25, 0.3) is 0 Å². The van der Waals surface area contributed by atoms with Gasteiger partial charge in [0.2, 0.25) is 5.91 Å². The summed E-state index contributed by atoms with van der Waals surface area (Å²) in [6.45, 7) is 5.07. The Kier molecular flexibility index (Phi) is 3.87. The van der Waals surface area contributed by atoms with Gasteiger partial charge in [-0.2, -0.15) is 5.10 Å². The summed E-state index contributed by atoms with van der Waals surface area (Å²) < 4.78 is 1.94. The number of carbonyl (C=O) groups excluding carboxylic acids is 1. The van der Waals surface area contributed by atoms with E-state index in [0.717, 1.165) is 44.3 Å². The smallest absolute Gasteiger partial charge is 0.226 e. The van der Waals surface area contributed by atoms with Gasteiger partial charge in [0.1, 0.15) is 0 Å². The summed E-state index contributed by atoms with van der Waals surface area (Å²) in [4.78, 5) is 15.0. The number of rotatable bonds is 2. The summed E-state index contributed by atoms with van der Waals surface area (Å²) in [5.41, 5.74) is 3.54. The summed E-state index contributed by atoms with van der Waals surface area (Å²) in [6, 6.07) is 0.233. The van der Waals surface area contributed by atoms with Crippen LogP contribution < -0.4 is 0 Å². The van der Waals surface area contributed by atoms with Crippen molar-refractivity contribution in [2.24, 2.45) is 13.0 Å². The van der Waals surface area contributed by atoms with Crippen LogP contribution in [0.25, 0.3) is 0 Å². The van der Waals surface area contributed by atoms with E-state index >= 15 is 0 Å². The van der Waals surface area contributed by atoms with Gasteiger partial charge in [0.05, 0.1) is 11.7 Å². The quantitative estimate of drug-likeness (QED) is 0.784. The minimum absolute atomic E-state index is 0.188. The lowest BCUT2D eigenvalue weighted by atomic mass is 9.92. The fourth-order valence-electron chi connectivity index (χ4n) is 3.86. The number of amides is 1. The molecule has 0 bridgehead atoms. The highest BCUT2D eigenvalue weighted by atomic mass is 16.2. The zero-order valence-corrected chi connectivity index (χ0v) is 13.3. The predicted molar refractivity (Wildman–Crippen MR) is 82.9 cm³/mol. The molecule has 0 spiro atoms. The summed E-state index contributed by atoms with van der Waals surface area (Å²) in [5, 5.41) is 4.53. The first-order valence-electron chi connectivity index (χ1n) is 8.05. The topological polar surface area (TPSA) is 38.1 Å². The van der Waals surface area contributed by atoms with Crippen molar-refractivity contribution in [3.05, 3.63) is 29.1 Å². The predicted octanol–water partition coefficient (Wildman–Crippen LogP) is 3.06. The van der Waals surface area contributed by atoms with Crippen LogP contribution in [0.5, 0.6) is 0 Å². The van der Waals surface area contributed by atoms with E-state index in [1.807, 2.05) is 11.7 Å². The fraction of sp³-hybridized carbons (Fsp3) is 0.647. The molecule has 21 heavy (non-hydrogen) atoms. The molecule has 2 atom stereocenters. The van der Waals surface area contributed by atoms with Gasteiger partial charge in [-0.15, -0.1) is 0 Å². The van der Waals surface area contributed by atoms with Gasteiger partial charge in [-0.3, -0.25) is 9.48 Å². The van der Waals surface area contributed by atoms with Crippen molar-refractivity contribution >= 4 is 5.91 Å². The SMILES string of the molecule is Cc1nn(C)c(C)c1C1CCCN1C(=O)C1CC=CCC1. The third kappa shape index (κ3) is 2.52. The molecule has 1 aliphatic carbocycles. The molecule has 0 aromatic carbocycles. The van der Waals surface area contributed by atoms with Crippen molar-refractivity contribution in [1.82, 2.24) is 14.7 Å². The lowest BCUT2D eigenvalue weighted by Gasteiger charge is -2.30. The standard InChI is InChI=1S/C17H25N3O/c1-12-16(13(2)19(3)18-12)15-10-7-11-20(15)17(21)14-8-5-4-6-9-14/h4-5,14-15H,6-11H2,1-3H3. The molecule has 4 nitrogen and oxygen atoms in total. The highest BCUT2D eigenvalue weighted by Crippen LogP contribution is 2.37. The number of nitrogens with zero attached hydrogens (tertiary/aromatic N) is 3. The van der Waals surface area contributed by atoms with Gasteiger partial charge in [-0.25, -0.2) is 0 Å². The van der Waals surface area contributed by atoms with Gasteiger partial charge >= 0.3 is 0 Å². The molecule has 0 radical (unpaired) electrons. The Labute approximate surface area is 126 Å². The van der Waals surface area contributed by atoms with E-state index in [9.17, 15) is 4.79 Å². The third-order valence-electron chi connectivity index (χ3n) is 5.05. The van der Waals surface area contributed by atoms with Crippen LogP contribution >= 0.6 is 0 Å². The Morgan fingerprint density at radius 1 is 1.29 bits per heavy atom. The summed E-state index contributed by atoms with van der Waals surface area (Å²) in [6.07, 6.45) is 9.49. The minimum Gasteiger partial charge on any atom is -0.335 e. The van der Waals surface area contributed by atoms with Crippen LogP contribution in [0.4, 0.5) is 0 Å². The molecule has 1 saturated heterocycles. The van der Waals surface area contributed by atoms with E-state index < -0.39 is 0 Å². The third-order valence-corrected chi connectivity index (χ3v) is 5.05. The Balaban J connectivity index is 1.85. The molecule has 1 aromatic rings. The maximum absolute atomic E-state index is 12.9. The summed E-state index contributed by atoms with van der Waals surface area (Å²) >= 11 is 0. The van der Waals surface area contributed by atoms with Crippen molar-refractivity contribution in [2.75, 3.05) is 6.54 Å². The van der Waals surface area contributed by atoms with Crippen LogP contribution in [0.1, 0.15) is 55.1 Å². The normalized spacial score (nSPS) is 25.6. The van der Waals surface area contributed by atoms with E-state index in [-0.39, 0.29) is 12.0 Å². The molecule has 1 aliphatic heterocycles. The molecule has 4 heteroatoms. The summed E-state index contributed by atoms with van der Waals surface area (Å²) in [5.74, 6) is 0.539. The molecular formula is C17H25N3O. The second-order valence-electron chi connectivity index (χ2n) is 6.38. The molecule has 0 N–H and O–H groups in total. The molecular weight excluding hydrogens is 262 g/mol. The average Bonchev–Trinajstić information content (AvgIpc) is 3.05. The molecule has 114 valence electrons. The number of hydrogen-bond donors (Lipinski definition) is 0. The van der Waals surface area contributed by atoms with Crippen molar-refractivity contribution in [3.8, 4) is 0 Å². The molecule has 0 saturated carbocycles. The zero-order chi connectivity index (χ0) is 15.0. The van der Waals surface area contributed by atoms with Crippen LogP contribution in [-0.2, 0) is 11.8 Å². The van der Waals surface area contributed by atoms with E-state index in [4.69, 9.17) is 0 Å². The van der Waals surface area contributed by atoms with Crippen LogP contribution in [0.2, 0.25) is 0 Å². The molecule has 2 aliphatic rings. The monoisotopic (exact) mass is 287 g/mol. The molecule has 1 aromatic heterocycles. The molecule has 2 unspecified atom stereocenters. The van der Waals surface area contributed by atoms with Crippen molar-refractivity contribution in [2.45, 2.75) is 52.0 Å². The van der Waals surface area contributed by atoms with E-state index in [1.165, 1.54) is 11.3 Å². The molecule has 2 heterocycles. The van der Waals surface area contributed by atoms with E-state index in [2.05, 4.69) is 36.0 Å². The number of likely N-dealkylation sites (tertiary alicyclic amines) is 1. The number of hydrogen-bond acceptors (Lipinski definition) is 2. The average molecular weight is 287 g/mol. The largest absolute Gasteiger partial charge is 0.335 e. The maximum Gasteiger partial charge on any atom is 0.226 e. The van der Waals surface area contributed by atoms with Crippen molar-refractivity contribution in [1.29, 1.82) is 0 Å². The lowest BCUT2D eigenvalue weighted by molar-refractivity contribution is -0.136. The highest BCUT2D eigenvalue weighted by Gasteiger charge is 2.36. The molecule has 3 rings (SSSR count). The minimum atomic E-state index is 0.188. The summed E-state index contributed by atoms with van der Waals surface area (Å²) in [7, 11) is 1.98.